The molecule has 0 saturated heterocycles. The van der Waals surface area contributed by atoms with Gasteiger partial charge in [0.1, 0.15) is 29.3 Å². The van der Waals surface area contributed by atoms with E-state index in [4.69, 9.17) is 9.41 Å². The van der Waals surface area contributed by atoms with Gasteiger partial charge in [-0.25, -0.2) is 4.99 Å². The molecule has 4 nitrogen and oxygen atoms in total. The average Bonchev–Trinajstić information content (AvgIpc) is 3.40. The van der Waals surface area contributed by atoms with Crippen molar-refractivity contribution in [3.8, 4) is 0 Å². The fourth-order valence-electron chi connectivity index (χ4n) is 5.95. The van der Waals surface area contributed by atoms with E-state index < -0.39 is 0 Å². The van der Waals surface area contributed by atoms with E-state index in [0.29, 0.717) is 0 Å². The monoisotopic (exact) mass is 503 g/mol. The molecule has 8 rings (SSSR count). The van der Waals surface area contributed by atoms with E-state index in [-0.39, 0.29) is 12.3 Å². The van der Waals surface area contributed by atoms with Crippen molar-refractivity contribution < 1.29 is 4.42 Å². The Kier molecular flexibility index (Phi) is 5.00. The smallest absolute Gasteiger partial charge is 0.135 e. The van der Waals surface area contributed by atoms with Crippen LogP contribution in [0.25, 0.3) is 43.5 Å². The number of rotatable bonds is 3. The van der Waals surface area contributed by atoms with Gasteiger partial charge in [-0.3, -0.25) is 5.32 Å². The van der Waals surface area contributed by atoms with Crippen molar-refractivity contribution >= 4 is 49.3 Å². The fourth-order valence-corrected chi connectivity index (χ4v) is 5.95. The lowest BCUT2D eigenvalue weighted by atomic mass is 9.95. The first-order valence-electron chi connectivity index (χ1n) is 13.3. The minimum atomic E-state index is -0.217. The number of aliphatic imine (C=N–C) groups is 1. The third-order valence-electron chi connectivity index (χ3n) is 7.75. The molecule has 4 heteroatoms. The molecule has 0 saturated carbocycles. The lowest BCUT2D eigenvalue weighted by Gasteiger charge is -2.33. The Morgan fingerprint density at radius 2 is 1.28 bits per heavy atom. The number of para-hydroxylation sites is 1. The normalized spacial score (nSPS) is 17.5. The lowest BCUT2D eigenvalue weighted by Crippen LogP contribution is -2.45. The quantitative estimate of drug-likeness (QED) is 0.239. The van der Waals surface area contributed by atoms with Gasteiger partial charge in [0, 0.05) is 21.9 Å². The third-order valence-corrected chi connectivity index (χ3v) is 7.75. The summed E-state index contributed by atoms with van der Waals surface area (Å²) in [5.74, 6) is 0.874. The van der Waals surface area contributed by atoms with Gasteiger partial charge in [0.2, 0.25) is 0 Å². The summed E-state index contributed by atoms with van der Waals surface area (Å²) in [5, 5.41) is 14.7. The van der Waals surface area contributed by atoms with E-state index in [1.165, 1.54) is 21.5 Å². The standard InChI is InChI=1S/C35H25N3O/c1-2-11-22(12-3-1)33-36-34(28-18-10-20-31-32(28)27-17-8-9-19-30(27)39-31)38-35(37-33)29-21-23-13-4-5-14-24(23)25-15-6-7-16-26(25)29/h1-21,33-34,36H,(H,37,38). The maximum absolute atomic E-state index is 6.23. The molecule has 0 fully saturated rings. The van der Waals surface area contributed by atoms with Crippen LogP contribution in [0.5, 0.6) is 0 Å². The number of nitrogens with zero attached hydrogens (tertiary/aromatic N) is 1. The van der Waals surface area contributed by atoms with Crippen LogP contribution in [0.3, 0.4) is 0 Å². The Morgan fingerprint density at radius 1 is 0.590 bits per heavy atom. The van der Waals surface area contributed by atoms with Crippen LogP contribution in [0.1, 0.15) is 29.0 Å². The van der Waals surface area contributed by atoms with Crippen molar-refractivity contribution in [2.24, 2.45) is 4.99 Å². The average molecular weight is 504 g/mol. The molecule has 0 amide bonds. The van der Waals surface area contributed by atoms with Crippen molar-refractivity contribution in [2.75, 3.05) is 0 Å². The molecule has 7 aromatic rings. The summed E-state index contributed by atoms with van der Waals surface area (Å²) in [4.78, 5) is 5.26. The zero-order valence-corrected chi connectivity index (χ0v) is 21.1. The van der Waals surface area contributed by atoms with Crippen LogP contribution >= 0.6 is 0 Å². The summed E-state index contributed by atoms with van der Waals surface area (Å²) >= 11 is 0. The molecule has 0 spiro atoms. The fraction of sp³-hybridized carbons (Fsp3) is 0.0571. The molecule has 1 aromatic heterocycles. The van der Waals surface area contributed by atoms with E-state index in [0.717, 1.165) is 44.5 Å². The zero-order chi connectivity index (χ0) is 25.8. The molecule has 2 atom stereocenters. The van der Waals surface area contributed by atoms with Gasteiger partial charge in [-0.2, -0.15) is 0 Å². The summed E-state index contributed by atoms with van der Waals surface area (Å²) in [7, 11) is 0. The summed E-state index contributed by atoms with van der Waals surface area (Å²) in [6, 6.07) is 44.4. The van der Waals surface area contributed by atoms with Gasteiger partial charge in [0.05, 0.1) is 0 Å². The number of fused-ring (bicyclic) bond motifs is 6. The number of hydrogen-bond acceptors (Lipinski definition) is 4. The Labute approximate surface area is 225 Å². The summed E-state index contributed by atoms with van der Waals surface area (Å²) in [5.41, 5.74) is 5.13. The van der Waals surface area contributed by atoms with Crippen LogP contribution < -0.4 is 10.6 Å². The van der Waals surface area contributed by atoms with Crippen LogP contribution in [0, 0.1) is 0 Å². The van der Waals surface area contributed by atoms with Gasteiger partial charge in [0.15, 0.2) is 0 Å². The molecule has 0 radical (unpaired) electrons. The molecule has 1 aliphatic rings. The predicted octanol–water partition coefficient (Wildman–Crippen LogP) is 8.23. The Morgan fingerprint density at radius 3 is 2.15 bits per heavy atom. The van der Waals surface area contributed by atoms with Crippen LogP contribution in [-0.2, 0) is 0 Å². The molecule has 0 bridgehead atoms. The second-order valence-corrected chi connectivity index (χ2v) is 10.0. The molecule has 1 aliphatic heterocycles. The highest BCUT2D eigenvalue weighted by atomic mass is 16.3. The lowest BCUT2D eigenvalue weighted by molar-refractivity contribution is 0.411. The summed E-state index contributed by atoms with van der Waals surface area (Å²) in [6.45, 7) is 0. The number of amidine groups is 1. The van der Waals surface area contributed by atoms with Crippen molar-refractivity contribution in [2.45, 2.75) is 12.3 Å². The number of hydrogen-bond donors (Lipinski definition) is 2. The second-order valence-electron chi connectivity index (χ2n) is 10.0. The highest BCUT2D eigenvalue weighted by Gasteiger charge is 2.28. The van der Waals surface area contributed by atoms with Gasteiger partial charge in [0.25, 0.3) is 0 Å². The predicted molar refractivity (Wildman–Crippen MR) is 160 cm³/mol. The highest BCUT2D eigenvalue weighted by Crippen LogP contribution is 2.36. The van der Waals surface area contributed by atoms with E-state index in [9.17, 15) is 0 Å². The zero-order valence-electron chi connectivity index (χ0n) is 21.1. The first kappa shape index (κ1) is 22.1. The van der Waals surface area contributed by atoms with Crippen molar-refractivity contribution in [1.29, 1.82) is 0 Å². The van der Waals surface area contributed by atoms with Gasteiger partial charge < -0.3 is 9.73 Å². The largest absolute Gasteiger partial charge is 0.456 e. The minimum Gasteiger partial charge on any atom is -0.456 e. The maximum Gasteiger partial charge on any atom is 0.135 e. The van der Waals surface area contributed by atoms with E-state index in [1.54, 1.807) is 0 Å². The van der Waals surface area contributed by atoms with Crippen molar-refractivity contribution in [3.05, 3.63) is 144 Å². The maximum atomic E-state index is 6.23. The summed E-state index contributed by atoms with van der Waals surface area (Å²) < 4.78 is 6.23. The van der Waals surface area contributed by atoms with E-state index >= 15 is 0 Å². The van der Waals surface area contributed by atoms with Gasteiger partial charge in [-0.05, 0) is 45.3 Å². The molecule has 39 heavy (non-hydrogen) atoms. The molecule has 0 aliphatic carbocycles. The van der Waals surface area contributed by atoms with Crippen molar-refractivity contribution in [1.82, 2.24) is 10.6 Å². The SMILES string of the molecule is c1ccc(C2N=C(c3cc4ccccc4c4ccccc34)NC(c3cccc4oc5ccccc5c34)N2)cc1. The Hall–Kier alpha value is -4.93. The minimum absolute atomic E-state index is 0.183. The van der Waals surface area contributed by atoms with Gasteiger partial charge >= 0.3 is 0 Å². The van der Waals surface area contributed by atoms with Gasteiger partial charge in [-0.15, -0.1) is 0 Å². The van der Waals surface area contributed by atoms with E-state index in [2.05, 4.69) is 114 Å². The molecule has 186 valence electrons. The highest BCUT2D eigenvalue weighted by molar-refractivity contribution is 6.18. The van der Waals surface area contributed by atoms with Crippen LogP contribution in [0.15, 0.2) is 137 Å². The first-order chi connectivity index (χ1) is 19.3. The molecule has 2 heterocycles. The molecule has 2 unspecified atom stereocenters. The first-order valence-corrected chi connectivity index (χ1v) is 13.3. The summed E-state index contributed by atoms with van der Waals surface area (Å²) in [6.07, 6.45) is -0.399. The Bertz CT molecular complexity index is 2040. The second kappa shape index (κ2) is 8.83. The van der Waals surface area contributed by atoms with E-state index in [1.807, 2.05) is 24.3 Å². The molecule has 6 aromatic carbocycles. The van der Waals surface area contributed by atoms with Crippen LogP contribution in [0.2, 0.25) is 0 Å². The molecular formula is C35H25N3O. The van der Waals surface area contributed by atoms with Crippen LogP contribution in [-0.4, -0.2) is 5.84 Å². The Balaban J connectivity index is 1.35. The molecular weight excluding hydrogens is 478 g/mol. The van der Waals surface area contributed by atoms with Crippen LogP contribution in [0.4, 0.5) is 0 Å². The number of benzene rings is 6. The molecule has 2 N–H and O–H groups in total. The third kappa shape index (κ3) is 3.61. The topological polar surface area (TPSA) is 49.6 Å². The number of furan rings is 1. The van der Waals surface area contributed by atoms with Gasteiger partial charge in [-0.1, -0.05) is 109 Å². The number of nitrogens with one attached hydrogen (secondary N) is 2. The van der Waals surface area contributed by atoms with Crippen molar-refractivity contribution in [3.63, 3.8) is 0 Å².